The van der Waals surface area contributed by atoms with Gasteiger partial charge in [0.1, 0.15) is 110 Å². The molecule has 5 saturated heterocycles. The van der Waals surface area contributed by atoms with E-state index < -0.39 is 220 Å². The molecule has 0 unspecified atom stereocenters. The third-order valence-corrected chi connectivity index (χ3v) is 24.9. The van der Waals surface area contributed by atoms with Crippen molar-refractivity contribution in [3.8, 4) is 0 Å². The van der Waals surface area contributed by atoms with Gasteiger partial charge in [-0.15, -0.1) is 0 Å². The number of aliphatic hydroxyl groups is 18. The second-order valence-corrected chi connectivity index (χ2v) is 29.5. The monoisotopic (exact) mass is 1270 g/mol. The van der Waals surface area contributed by atoms with Gasteiger partial charge >= 0.3 is 0 Å². The summed E-state index contributed by atoms with van der Waals surface area (Å²) in [5.74, 6) is -1.45. The Morgan fingerprint density at radius 3 is 1.52 bits per heavy atom. The van der Waals surface area contributed by atoms with Crippen molar-refractivity contribution in [3.05, 3.63) is 0 Å². The van der Waals surface area contributed by atoms with Crippen LogP contribution < -0.4 is 0 Å². The van der Waals surface area contributed by atoms with Crippen LogP contribution in [0.15, 0.2) is 0 Å². The maximum Gasteiger partial charge on any atom is 0.187 e. The van der Waals surface area contributed by atoms with Crippen molar-refractivity contribution < 1.29 is 139 Å². The van der Waals surface area contributed by atoms with Crippen LogP contribution in [0.5, 0.6) is 0 Å². The summed E-state index contributed by atoms with van der Waals surface area (Å²) < 4.78 is 61.4. The Balaban J connectivity index is 0.835. The summed E-state index contributed by atoms with van der Waals surface area (Å²) in [4.78, 5) is 0. The Bertz CT molecular complexity index is 2390. The molecule has 5 aliphatic heterocycles. The molecule has 28 heteroatoms. The van der Waals surface area contributed by atoms with Crippen molar-refractivity contribution in [1.82, 2.24) is 0 Å². The van der Waals surface area contributed by atoms with Crippen LogP contribution >= 0.6 is 0 Å². The predicted octanol–water partition coefficient (Wildman–Crippen LogP) is -4.94. The van der Waals surface area contributed by atoms with Gasteiger partial charge in [0, 0.05) is 17.3 Å². The van der Waals surface area contributed by atoms with Crippen LogP contribution in [-0.2, 0) is 47.4 Å². The summed E-state index contributed by atoms with van der Waals surface area (Å²) in [7, 11) is 0. The highest BCUT2D eigenvalue weighted by molar-refractivity contribution is 5.31. The molecule has 0 aromatic heterocycles. The highest BCUT2D eigenvalue weighted by Gasteiger charge is 2.83. The minimum Gasteiger partial charge on any atom is -0.396 e. The first-order chi connectivity index (χ1) is 41.3. The molecule has 11 aliphatic rings. The van der Waals surface area contributed by atoms with E-state index in [1.165, 1.54) is 13.8 Å². The summed E-state index contributed by atoms with van der Waals surface area (Å²) in [6.07, 6.45) is -35.9. The van der Waals surface area contributed by atoms with Gasteiger partial charge in [-0.05, 0) is 131 Å². The van der Waals surface area contributed by atoms with E-state index in [1.54, 1.807) is 13.8 Å². The summed E-state index contributed by atoms with van der Waals surface area (Å²) in [6, 6.07) is 0. The number of rotatable bonds is 16. The lowest BCUT2D eigenvalue weighted by Crippen LogP contribution is -2.66. The summed E-state index contributed by atoms with van der Waals surface area (Å²) >= 11 is 0. The Hall–Kier alpha value is -1.12. The van der Waals surface area contributed by atoms with E-state index in [-0.39, 0.29) is 47.0 Å². The minimum absolute atomic E-state index is 0.0929. The Morgan fingerprint density at radius 2 is 0.943 bits per heavy atom. The molecular weight excluding hydrogens is 1170 g/mol. The van der Waals surface area contributed by atoms with E-state index in [0.29, 0.717) is 25.7 Å². The van der Waals surface area contributed by atoms with Crippen molar-refractivity contribution >= 4 is 0 Å². The Kier molecular flexibility index (Phi) is 19.3. The second kappa shape index (κ2) is 24.8. The maximum atomic E-state index is 12.6. The first kappa shape index (κ1) is 68.3. The molecule has 0 bridgehead atoms. The molecule has 88 heavy (non-hydrogen) atoms. The molecule has 0 aromatic rings. The molecule has 0 amide bonds. The average molecular weight is 1270 g/mol. The van der Waals surface area contributed by atoms with Gasteiger partial charge in [0.2, 0.25) is 0 Å². The van der Waals surface area contributed by atoms with Crippen LogP contribution in [0.4, 0.5) is 0 Å². The molecule has 11 rings (SSSR count). The van der Waals surface area contributed by atoms with Crippen molar-refractivity contribution in [3.63, 3.8) is 0 Å². The number of ether oxygens (including phenoxy) is 10. The third kappa shape index (κ3) is 10.8. The highest BCUT2D eigenvalue weighted by Crippen LogP contribution is 2.89. The van der Waals surface area contributed by atoms with Gasteiger partial charge in [0.05, 0.1) is 62.5 Å². The van der Waals surface area contributed by atoms with Crippen LogP contribution in [-0.4, -0.2) is 296 Å². The minimum atomic E-state index is -1.89. The zero-order valence-electron chi connectivity index (χ0n) is 51.1. The number of hydrogen-bond donors (Lipinski definition) is 18. The molecule has 6 saturated carbocycles. The van der Waals surface area contributed by atoms with E-state index in [0.717, 1.165) is 32.1 Å². The zero-order valence-corrected chi connectivity index (χ0v) is 51.1. The van der Waals surface area contributed by atoms with Gasteiger partial charge in [0.15, 0.2) is 31.5 Å². The lowest BCUT2D eigenvalue weighted by molar-refractivity contribution is -0.380. The van der Waals surface area contributed by atoms with E-state index >= 15 is 0 Å². The number of aliphatic hydroxyl groups excluding tert-OH is 17. The van der Waals surface area contributed by atoms with E-state index in [4.69, 9.17) is 47.4 Å². The first-order valence-corrected chi connectivity index (χ1v) is 31.9. The molecule has 0 aromatic carbocycles. The summed E-state index contributed by atoms with van der Waals surface area (Å²) in [5, 5.41) is 198. The first-order valence-electron chi connectivity index (χ1n) is 31.9. The topological polar surface area (TPSA) is 456 Å². The molecule has 38 atom stereocenters. The predicted molar refractivity (Wildman–Crippen MR) is 295 cm³/mol. The van der Waals surface area contributed by atoms with Crippen molar-refractivity contribution in [1.29, 1.82) is 0 Å². The van der Waals surface area contributed by atoms with E-state index in [1.807, 2.05) is 6.92 Å². The van der Waals surface area contributed by atoms with E-state index in [9.17, 15) is 91.9 Å². The lowest BCUT2D eigenvalue weighted by atomic mass is 9.41. The fourth-order valence-electron chi connectivity index (χ4n) is 19.5. The van der Waals surface area contributed by atoms with Crippen LogP contribution in [0.3, 0.4) is 0 Å². The quantitative estimate of drug-likeness (QED) is 0.0644. The van der Waals surface area contributed by atoms with Gasteiger partial charge in [0.25, 0.3) is 0 Å². The number of fused-ring (bicyclic) bond motifs is 2. The van der Waals surface area contributed by atoms with E-state index in [2.05, 4.69) is 13.8 Å². The molecule has 508 valence electrons. The standard InChI is InChI=1S/C60H100O28/c1-22-34(64)40(70)45(75)50(80-22)79-19-29-39(69)44(74)49(87-51-46(76)41(71)35(65)23(2)81-51)54(85-29)86-32-11-13-59-20-60(59)15-14-57(6)24(10-12-58(57,7)31(60)9-8-30(59)56(32,5)21-63)33-26(16-25(36(33)66)55(3,4)78)82-53-48(43(73)38(68)28(18-62)84-53)88-52-47(77)42(72)37(67)27(17-61)83-52/h22-54,61-78H,8-21H2,1-7H3/t22-,23-,24+,25+,26-,27+,28+,29+,30-,31-,32-,33-,34-,35-,36-,37-,38-,39-,40+,41+,42-,43-,44-,45+,46+,47+,48+,49+,50+,51-,52-,53+,54-,56+,57+,58-,59+,60-/m0/s1. The van der Waals surface area contributed by atoms with Gasteiger partial charge in [-0.25, -0.2) is 0 Å². The fraction of sp³-hybridized carbons (Fsp3) is 1.00. The smallest absolute Gasteiger partial charge is 0.187 e. The SMILES string of the molecule is C[C@@H]1O[C@@H](OC[C@H]2O[C@@H](O[C@H]3CC[C@]45C[C@]46CC[C@]4(C)[C@@H]([C@@H]7[C@@H](O)[C@H](C(C)(C)O)C[C@@H]7O[C@@H]7O[C@H](CO)[C@H](O)[C@H](O)[C@H]7O[C@@H]7O[C@H](CO)[C@H](O)[C@H](O)[C@H]7O)CC[C@@]4(C)[C@@H]6CC[C@H]5[C@@]3(C)CO)[C@H](O[C@@H]3O[C@@H](C)[C@H](O)[C@@H](O)[C@H]3O)[C@@H](O)[C@H]2O)[C@H](O)[C@H](O)[C@H]1O. The molecule has 28 nitrogen and oxygen atoms in total. The van der Waals surface area contributed by atoms with Crippen LogP contribution in [0.25, 0.3) is 0 Å². The van der Waals surface area contributed by atoms with Gasteiger partial charge in [-0.2, -0.15) is 0 Å². The molecule has 2 spiro atoms. The second-order valence-electron chi connectivity index (χ2n) is 29.5. The molecular formula is C60H100O28. The molecule has 18 N–H and O–H groups in total. The van der Waals surface area contributed by atoms with Crippen LogP contribution in [0.1, 0.15) is 113 Å². The van der Waals surface area contributed by atoms with Crippen LogP contribution in [0, 0.1) is 56.7 Å². The number of hydrogen-bond acceptors (Lipinski definition) is 28. The fourth-order valence-corrected chi connectivity index (χ4v) is 19.5. The zero-order chi connectivity index (χ0) is 64.0. The van der Waals surface area contributed by atoms with Gasteiger partial charge < -0.3 is 139 Å². The lowest BCUT2D eigenvalue weighted by Gasteiger charge is -2.64. The van der Waals surface area contributed by atoms with Gasteiger partial charge in [-0.3, -0.25) is 0 Å². The van der Waals surface area contributed by atoms with Crippen LogP contribution in [0.2, 0.25) is 0 Å². The van der Waals surface area contributed by atoms with Gasteiger partial charge in [-0.1, -0.05) is 20.8 Å². The highest BCUT2D eigenvalue weighted by atomic mass is 16.8. The molecule has 11 fully saturated rings. The normalized spacial score (nSPS) is 58.1. The molecule has 0 radical (unpaired) electrons. The summed E-state index contributed by atoms with van der Waals surface area (Å²) in [5.41, 5.74) is -3.46. The van der Waals surface area contributed by atoms with Crippen molar-refractivity contribution in [2.45, 2.75) is 290 Å². The average Bonchev–Trinajstić information content (AvgIpc) is 1.48. The Morgan fingerprint density at radius 1 is 0.455 bits per heavy atom. The molecule has 5 heterocycles. The maximum absolute atomic E-state index is 12.6. The molecule has 6 aliphatic carbocycles. The third-order valence-electron chi connectivity index (χ3n) is 24.9. The Labute approximate surface area is 511 Å². The largest absolute Gasteiger partial charge is 0.396 e. The summed E-state index contributed by atoms with van der Waals surface area (Å²) in [6.45, 7) is 10.4. The van der Waals surface area contributed by atoms with Crippen molar-refractivity contribution in [2.75, 3.05) is 26.4 Å². The van der Waals surface area contributed by atoms with Crippen molar-refractivity contribution in [2.24, 2.45) is 56.7 Å².